The maximum Gasteiger partial charge on any atom is 0.0159 e. The molecule has 10 aromatic rings. The van der Waals surface area contributed by atoms with Crippen molar-refractivity contribution in [3.63, 3.8) is 0 Å². The fourth-order valence-corrected chi connectivity index (χ4v) is 10.3. The Hall–Kier alpha value is -5.72. The number of rotatable bonds is 1. The van der Waals surface area contributed by atoms with Gasteiger partial charge in [0.15, 0.2) is 0 Å². The lowest BCUT2D eigenvalue weighted by atomic mass is 9.81. The smallest absolute Gasteiger partial charge is 0.0159 e. The van der Waals surface area contributed by atoms with Crippen LogP contribution in [0.4, 0.5) is 0 Å². The van der Waals surface area contributed by atoms with Gasteiger partial charge in [-0.15, -0.1) is 0 Å². The van der Waals surface area contributed by atoms with E-state index in [2.05, 4.69) is 162 Å². The van der Waals surface area contributed by atoms with Crippen LogP contribution in [0.25, 0.3) is 109 Å². The summed E-state index contributed by atoms with van der Waals surface area (Å²) in [6.07, 6.45) is 0. The molecule has 0 radical (unpaired) electrons. The van der Waals surface area contributed by atoms with Gasteiger partial charge in [0.05, 0.1) is 0 Å². The molecule has 0 nitrogen and oxygen atoms in total. The molecule has 0 bridgehead atoms. The molecule has 0 heterocycles. The van der Waals surface area contributed by atoms with Crippen molar-refractivity contribution in [3.05, 3.63) is 144 Å². The molecular weight excluding hydrogens is 613 g/mol. The zero-order chi connectivity index (χ0) is 34.1. The van der Waals surface area contributed by atoms with E-state index in [9.17, 15) is 0 Å². The van der Waals surface area contributed by atoms with Gasteiger partial charge < -0.3 is 0 Å². The predicted octanol–water partition coefficient (Wildman–Crippen LogP) is 14.4. The summed E-state index contributed by atoms with van der Waals surface area (Å²) in [5, 5.41) is 16.3. The molecule has 240 valence electrons. The first-order chi connectivity index (χ1) is 24.7. The van der Waals surface area contributed by atoms with Gasteiger partial charge in [-0.1, -0.05) is 144 Å². The van der Waals surface area contributed by atoms with E-state index in [1.54, 1.807) is 0 Å². The van der Waals surface area contributed by atoms with Crippen LogP contribution in [0.1, 0.15) is 51.3 Å². The summed E-state index contributed by atoms with van der Waals surface area (Å²) in [5.74, 6) is 0. The van der Waals surface area contributed by atoms with E-state index in [-0.39, 0.29) is 10.8 Å². The third-order valence-electron chi connectivity index (χ3n) is 12.8. The number of fused-ring (bicyclic) bond motifs is 6. The Kier molecular flexibility index (Phi) is 4.92. The van der Waals surface area contributed by atoms with Crippen molar-refractivity contribution < 1.29 is 0 Å². The molecule has 12 rings (SSSR count). The van der Waals surface area contributed by atoms with Crippen LogP contribution in [-0.2, 0) is 10.8 Å². The van der Waals surface area contributed by atoms with Gasteiger partial charge in [0.2, 0.25) is 0 Å². The Morgan fingerprint density at radius 1 is 0.353 bits per heavy atom. The standard InChI is InChI=1S/C51H36/c1-50(2,3)32-22-29-11-10-27-12-17-33(36-21-16-30(23-32)45(29)46(27)36)34-18-15-31-24-42-39-25-41-35-8-6-7-9-43(35)51(4,5)44(41)26-40(39)38-20-14-28-13-19-37(34)47(31)48(28)49(38)42/h6-26H,1-5H3. The van der Waals surface area contributed by atoms with Crippen molar-refractivity contribution in [2.75, 3.05) is 0 Å². The highest BCUT2D eigenvalue weighted by Crippen LogP contribution is 2.57. The molecule has 2 aliphatic rings. The molecular formula is C51H36. The molecule has 0 atom stereocenters. The zero-order valence-corrected chi connectivity index (χ0v) is 29.6. The van der Waals surface area contributed by atoms with Crippen LogP contribution < -0.4 is 0 Å². The fraction of sp³-hybridized carbons (Fsp3) is 0.137. The third kappa shape index (κ3) is 3.37. The summed E-state index contributed by atoms with van der Waals surface area (Å²) in [5.41, 5.74) is 15.2. The highest BCUT2D eigenvalue weighted by molar-refractivity contribution is 6.34. The van der Waals surface area contributed by atoms with Crippen LogP contribution in [0.5, 0.6) is 0 Å². The van der Waals surface area contributed by atoms with Crippen LogP contribution >= 0.6 is 0 Å². The molecule has 0 saturated heterocycles. The molecule has 2 aliphatic carbocycles. The molecule has 51 heavy (non-hydrogen) atoms. The van der Waals surface area contributed by atoms with Gasteiger partial charge >= 0.3 is 0 Å². The molecule has 0 aromatic heterocycles. The lowest BCUT2D eigenvalue weighted by Crippen LogP contribution is -2.14. The molecule has 0 aliphatic heterocycles. The third-order valence-corrected chi connectivity index (χ3v) is 12.8. The Bertz CT molecular complexity index is 3160. The van der Waals surface area contributed by atoms with Crippen LogP contribution in [0.2, 0.25) is 0 Å². The van der Waals surface area contributed by atoms with E-state index < -0.39 is 0 Å². The highest BCUT2D eigenvalue weighted by atomic mass is 14.4. The summed E-state index contributed by atoms with van der Waals surface area (Å²) >= 11 is 0. The van der Waals surface area contributed by atoms with Gasteiger partial charge in [0.1, 0.15) is 0 Å². The highest BCUT2D eigenvalue weighted by Gasteiger charge is 2.37. The van der Waals surface area contributed by atoms with Gasteiger partial charge in [0, 0.05) is 5.41 Å². The van der Waals surface area contributed by atoms with Gasteiger partial charge in [-0.05, 0) is 149 Å². The Morgan fingerprint density at radius 3 is 1.65 bits per heavy atom. The van der Waals surface area contributed by atoms with E-state index in [1.807, 2.05) is 0 Å². The van der Waals surface area contributed by atoms with Crippen molar-refractivity contribution in [1.82, 2.24) is 0 Å². The second-order valence-electron chi connectivity index (χ2n) is 16.9. The molecule has 0 heteroatoms. The van der Waals surface area contributed by atoms with Crippen molar-refractivity contribution in [2.24, 2.45) is 0 Å². The van der Waals surface area contributed by atoms with Crippen molar-refractivity contribution >= 4 is 64.6 Å². The summed E-state index contributed by atoms with van der Waals surface area (Å²) < 4.78 is 0. The Labute approximate surface area is 297 Å². The quantitative estimate of drug-likeness (QED) is 0.155. The first-order valence-electron chi connectivity index (χ1n) is 18.4. The van der Waals surface area contributed by atoms with E-state index in [0.29, 0.717) is 0 Å². The lowest BCUT2D eigenvalue weighted by molar-refractivity contribution is 0.591. The van der Waals surface area contributed by atoms with Gasteiger partial charge in [-0.2, -0.15) is 0 Å². The minimum atomic E-state index is -0.0225. The predicted molar refractivity (Wildman–Crippen MR) is 220 cm³/mol. The average Bonchev–Trinajstić information content (AvgIpc) is 3.57. The summed E-state index contributed by atoms with van der Waals surface area (Å²) in [6.45, 7) is 11.7. The van der Waals surface area contributed by atoms with E-state index in [1.165, 1.54) is 126 Å². The summed E-state index contributed by atoms with van der Waals surface area (Å²) in [4.78, 5) is 0. The Morgan fingerprint density at radius 2 is 0.902 bits per heavy atom. The van der Waals surface area contributed by atoms with E-state index in [4.69, 9.17) is 0 Å². The lowest BCUT2D eigenvalue weighted by Gasteiger charge is -2.22. The van der Waals surface area contributed by atoms with E-state index in [0.717, 1.165) is 0 Å². The van der Waals surface area contributed by atoms with Gasteiger partial charge in [-0.25, -0.2) is 0 Å². The maximum absolute atomic E-state index is 2.52. The van der Waals surface area contributed by atoms with Crippen LogP contribution in [0.3, 0.4) is 0 Å². The largest absolute Gasteiger partial charge is 0.0619 e. The van der Waals surface area contributed by atoms with Crippen LogP contribution in [-0.4, -0.2) is 0 Å². The second-order valence-corrected chi connectivity index (χ2v) is 16.9. The first kappa shape index (κ1) is 28.0. The van der Waals surface area contributed by atoms with Gasteiger partial charge in [0.25, 0.3) is 0 Å². The van der Waals surface area contributed by atoms with Gasteiger partial charge in [-0.3, -0.25) is 0 Å². The maximum atomic E-state index is 2.52. The molecule has 0 unspecified atom stereocenters. The van der Waals surface area contributed by atoms with E-state index >= 15 is 0 Å². The summed E-state index contributed by atoms with van der Waals surface area (Å²) in [7, 11) is 0. The van der Waals surface area contributed by atoms with Crippen LogP contribution in [0.15, 0.2) is 127 Å². The van der Waals surface area contributed by atoms with Crippen molar-refractivity contribution in [3.8, 4) is 44.5 Å². The molecule has 0 amide bonds. The van der Waals surface area contributed by atoms with Crippen molar-refractivity contribution in [1.29, 1.82) is 0 Å². The zero-order valence-electron chi connectivity index (χ0n) is 29.6. The SMILES string of the molecule is CC(C)(C)c1cc2ccc3ccc(-c4ccc5cc6c7c(ccc8ccc4c5c87)-c4cc5c(cc4-6)-c4ccccc4C5(C)C)c4ccc(c1)c2c34. The Balaban J connectivity index is 1.12. The number of benzene rings is 10. The topological polar surface area (TPSA) is 0 Å². The van der Waals surface area contributed by atoms with Crippen LogP contribution in [0, 0.1) is 0 Å². The minimum Gasteiger partial charge on any atom is -0.0619 e. The number of hydrogen-bond donors (Lipinski definition) is 0. The first-order valence-corrected chi connectivity index (χ1v) is 18.4. The molecule has 0 saturated carbocycles. The average molecular weight is 649 g/mol. The summed E-state index contributed by atoms with van der Waals surface area (Å²) in [6, 6.07) is 49.7. The molecule has 0 fully saturated rings. The molecule has 0 spiro atoms. The van der Waals surface area contributed by atoms with Crippen molar-refractivity contribution in [2.45, 2.75) is 45.4 Å². The minimum absolute atomic E-state index is 0.0225. The fourth-order valence-electron chi connectivity index (χ4n) is 10.3. The number of hydrogen-bond acceptors (Lipinski definition) is 0. The second kappa shape index (κ2) is 8.95. The monoisotopic (exact) mass is 648 g/mol. The normalized spacial score (nSPS) is 14.5. The molecule has 10 aromatic carbocycles. The molecule has 0 N–H and O–H groups in total.